The van der Waals surface area contributed by atoms with Crippen molar-refractivity contribution in [1.82, 2.24) is 14.8 Å². The number of rotatable bonds is 5. The van der Waals surface area contributed by atoms with Gasteiger partial charge in [0, 0.05) is 18.5 Å². The van der Waals surface area contributed by atoms with E-state index >= 15 is 0 Å². The van der Waals surface area contributed by atoms with Gasteiger partial charge in [-0.15, -0.1) is 13.2 Å². The standard InChI is InChI=1S/C17H13F3N4O2/c18-17(19,20)26-14-5-3-12(4-6-14)11-24-15(7-9-22-24)23-16(25)13-2-1-8-21-10-13/h1-10H,11H2,(H,23,25). The van der Waals surface area contributed by atoms with Crippen molar-refractivity contribution in [2.45, 2.75) is 12.9 Å². The molecule has 134 valence electrons. The van der Waals surface area contributed by atoms with Gasteiger partial charge in [0.25, 0.3) is 5.91 Å². The van der Waals surface area contributed by atoms with Crippen molar-refractivity contribution in [3.63, 3.8) is 0 Å². The Bertz CT molecular complexity index is 877. The Labute approximate surface area is 146 Å². The van der Waals surface area contributed by atoms with Gasteiger partial charge in [-0.25, -0.2) is 4.68 Å². The summed E-state index contributed by atoms with van der Waals surface area (Å²) in [6.45, 7) is 0.266. The van der Waals surface area contributed by atoms with Crippen LogP contribution in [0.25, 0.3) is 0 Å². The van der Waals surface area contributed by atoms with Crippen molar-refractivity contribution >= 4 is 11.7 Å². The molecule has 0 spiro atoms. The average molecular weight is 362 g/mol. The number of carbonyl (C=O) groups is 1. The molecule has 1 amide bonds. The molecule has 9 heteroatoms. The van der Waals surface area contributed by atoms with Crippen molar-refractivity contribution in [2.75, 3.05) is 5.32 Å². The minimum absolute atomic E-state index is 0.266. The molecule has 0 fully saturated rings. The van der Waals surface area contributed by atoms with Crippen LogP contribution in [-0.4, -0.2) is 27.0 Å². The fourth-order valence-electron chi connectivity index (χ4n) is 2.22. The fraction of sp³-hybridized carbons (Fsp3) is 0.118. The molecule has 2 heterocycles. The molecule has 1 aromatic carbocycles. The van der Waals surface area contributed by atoms with Crippen LogP contribution < -0.4 is 10.1 Å². The number of amides is 1. The molecule has 3 rings (SSSR count). The molecule has 0 bridgehead atoms. The topological polar surface area (TPSA) is 69.0 Å². The van der Waals surface area contributed by atoms with Crippen molar-refractivity contribution < 1.29 is 22.7 Å². The summed E-state index contributed by atoms with van der Waals surface area (Å²) < 4.78 is 41.9. The number of nitrogens with zero attached hydrogens (tertiary/aromatic N) is 3. The van der Waals surface area contributed by atoms with E-state index in [1.807, 2.05) is 0 Å². The summed E-state index contributed by atoms with van der Waals surface area (Å²) in [6, 6.07) is 10.3. The first-order valence-electron chi connectivity index (χ1n) is 7.48. The Balaban J connectivity index is 1.68. The highest BCUT2D eigenvalue weighted by Gasteiger charge is 2.30. The summed E-state index contributed by atoms with van der Waals surface area (Å²) in [5.74, 6) is -0.185. The first kappa shape index (κ1) is 17.5. The van der Waals surface area contributed by atoms with E-state index in [-0.39, 0.29) is 18.2 Å². The Morgan fingerprint density at radius 1 is 1.12 bits per heavy atom. The zero-order chi connectivity index (χ0) is 18.6. The lowest BCUT2D eigenvalue weighted by molar-refractivity contribution is -0.274. The summed E-state index contributed by atoms with van der Waals surface area (Å²) in [7, 11) is 0. The van der Waals surface area contributed by atoms with E-state index in [0.29, 0.717) is 16.9 Å². The minimum Gasteiger partial charge on any atom is -0.406 e. The normalized spacial score (nSPS) is 11.2. The van der Waals surface area contributed by atoms with Gasteiger partial charge in [0.05, 0.1) is 18.3 Å². The molecule has 0 unspecified atom stereocenters. The van der Waals surface area contributed by atoms with Crippen LogP contribution in [0.3, 0.4) is 0 Å². The van der Waals surface area contributed by atoms with Gasteiger partial charge in [-0.1, -0.05) is 12.1 Å². The van der Waals surface area contributed by atoms with Crippen LogP contribution in [0.1, 0.15) is 15.9 Å². The SMILES string of the molecule is O=C(Nc1ccnn1Cc1ccc(OC(F)(F)F)cc1)c1cccnc1. The number of pyridine rings is 1. The van der Waals surface area contributed by atoms with Gasteiger partial charge in [0.1, 0.15) is 11.6 Å². The molecule has 0 aliphatic rings. The van der Waals surface area contributed by atoms with Crippen molar-refractivity contribution in [2.24, 2.45) is 0 Å². The number of alkyl halides is 3. The van der Waals surface area contributed by atoms with E-state index in [0.717, 1.165) is 0 Å². The highest BCUT2D eigenvalue weighted by atomic mass is 19.4. The van der Waals surface area contributed by atoms with Crippen LogP contribution in [0.5, 0.6) is 5.75 Å². The van der Waals surface area contributed by atoms with Gasteiger partial charge in [-0.2, -0.15) is 5.10 Å². The number of carbonyl (C=O) groups excluding carboxylic acids is 1. The van der Waals surface area contributed by atoms with Crippen LogP contribution in [0.4, 0.5) is 19.0 Å². The fourth-order valence-corrected chi connectivity index (χ4v) is 2.22. The lowest BCUT2D eigenvalue weighted by Crippen LogP contribution is -2.17. The van der Waals surface area contributed by atoms with Crippen LogP contribution in [0.15, 0.2) is 61.1 Å². The second-order valence-electron chi connectivity index (χ2n) is 5.26. The zero-order valence-electron chi connectivity index (χ0n) is 13.3. The van der Waals surface area contributed by atoms with E-state index in [1.165, 1.54) is 41.3 Å². The third-order valence-corrected chi connectivity index (χ3v) is 3.37. The molecular weight excluding hydrogens is 349 g/mol. The molecule has 0 saturated carbocycles. The Hall–Kier alpha value is -3.36. The lowest BCUT2D eigenvalue weighted by atomic mass is 10.2. The average Bonchev–Trinajstić information content (AvgIpc) is 3.03. The summed E-state index contributed by atoms with van der Waals surface area (Å²) in [4.78, 5) is 16.1. The van der Waals surface area contributed by atoms with Crippen molar-refractivity contribution in [1.29, 1.82) is 0 Å². The van der Waals surface area contributed by atoms with E-state index in [1.54, 1.807) is 24.4 Å². The first-order chi connectivity index (χ1) is 12.4. The molecule has 0 aliphatic carbocycles. The van der Waals surface area contributed by atoms with Gasteiger partial charge >= 0.3 is 6.36 Å². The summed E-state index contributed by atoms with van der Waals surface area (Å²) in [5, 5.41) is 6.83. The quantitative estimate of drug-likeness (QED) is 0.755. The molecule has 1 N–H and O–H groups in total. The van der Waals surface area contributed by atoms with Crippen LogP contribution >= 0.6 is 0 Å². The smallest absolute Gasteiger partial charge is 0.406 e. The maximum absolute atomic E-state index is 12.2. The van der Waals surface area contributed by atoms with Crippen LogP contribution in [-0.2, 0) is 6.54 Å². The van der Waals surface area contributed by atoms with Crippen molar-refractivity contribution in [3.8, 4) is 5.75 Å². The molecule has 0 atom stereocenters. The highest BCUT2D eigenvalue weighted by molar-refractivity contribution is 6.03. The van der Waals surface area contributed by atoms with Gasteiger partial charge < -0.3 is 10.1 Å². The summed E-state index contributed by atoms with van der Waals surface area (Å²) >= 11 is 0. The maximum atomic E-state index is 12.2. The van der Waals surface area contributed by atoms with Gasteiger partial charge in [0.15, 0.2) is 0 Å². The number of anilines is 1. The number of nitrogens with one attached hydrogen (secondary N) is 1. The Kier molecular flexibility index (Phi) is 4.87. The molecule has 0 saturated heterocycles. The molecule has 0 radical (unpaired) electrons. The zero-order valence-corrected chi connectivity index (χ0v) is 13.3. The van der Waals surface area contributed by atoms with E-state index < -0.39 is 6.36 Å². The Morgan fingerprint density at radius 3 is 2.54 bits per heavy atom. The largest absolute Gasteiger partial charge is 0.573 e. The maximum Gasteiger partial charge on any atom is 0.573 e. The molecule has 2 aromatic heterocycles. The van der Waals surface area contributed by atoms with E-state index in [9.17, 15) is 18.0 Å². The van der Waals surface area contributed by atoms with Crippen LogP contribution in [0, 0.1) is 0 Å². The monoisotopic (exact) mass is 362 g/mol. The minimum atomic E-state index is -4.73. The second kappa shape index (κ2) is 7.26. The van der Waals surface area contributed by atoms with E-state index in [4.69, 9.17) is 0 Å². The van der Waals surface area contributed by atoms with Crippen molar-refractivity contribution in [3.05, 3.63) is 72.2 Å². The van der Waals surface area contributed by atoms with E-state index in [2.05, 4.69) is 20.1 Å². The highest BCUT2D eigenvalue weighted by Crippen LogP contribution is 2.23. The molecule has 26 heavy (non-hydrogen) atoms. The molecular formula is C17H13F3N4O2. The molecule has 0 aliphatic heterocycles. The number of hydrogen-bond acceptors (Lipinski definition) is 4. The predicted octanol–water partition coefficient (Wildman–Crippen LogP) is 3.48. The van der Waals surface area contributed by atoms with Crippen LogP contribution in [0.2, 0.25) is 0 Å². The third kappa shape index (κ3) is 4.59. The first-order valence-corrected chi connectivity index (χ1v) is 7.48. The molecule has 6 nitrogen and oxygen atoms in total. The predicted molar refractivity (Wildman–Crippen MR) is 86.6 cm³/mol. The second-order valence-corrected chi connectivity index (χ2v) is 5.26. The number of hydrogen-bond donors (Lipinski definition) is 1. The number of halogens is 3. The lowest BCUT2D eigenvalue weighted by Gasteiger charge is -2.11. The summed E-state index contributed by atoms with van der Waals surface area (Å²) in [6.07, 6.45) is -0.212. The summed E-state index contributed by atoms with van der Waals surface area (Å²) in [5.41, 5.74) is 1.09. The number of benzene rings is 1. The number of ether oxygens (including phenoxy) is 1. The van der Waals surface area contributed by atoms with Gasteiger partial charge in [0.2, 0.25) is 0 Å². The Morgan fingerprint density at radius 2 is 1.88 bits per heavy atom. The third-order valence-electron chi connectivity index (χ3n) is 3.37. The van der Waals surface area contributed by atoms with Gasteiger partial charge in [-0.05, 0) is 29.8 Å². The van der Waals surface area contributed by atoms with Gasteiger partial charge in [-0.3, -0.25) is 9.78 Å². The molecule has 3 aromatic rings. The number of aromatic nitrogens is 3.